The van der Waals surface area contributed by atoms with E-state index in [9.17, 15) is 9.59 Å². The van der Waals surface area contributed by atoms with Gasteiger partial charge in [0, 0.05) is 25.7 Å². The molecule has 0 aliphatic rings. The molecule has 0 saturated heterocycles. The zero-order valence-electron chi connectivity index (χ0n) is 13.7. The Hall–Kier alpha value is -2.87. The molecule has 25 heavy (non-hydrogen) atoms. The molecule has 0 aliphatic heterocycles. The molecule has 1 amide bonds. The number of rotatable bonds is 5. The van der Waals surface area contributed by atoms with Gasteiger partial charge in [-0.15, -0.1) is 0 Å². The minimum absolute atomic E-state index is 0.122. The Morgan fingerprint density at radius 1 is 1.40 bits per heavy atom. The van der Waals surface area contributed by atoms with E-state index in [2.05, 4.69) is 15.4 Å². The van der Waals surface area contributed by atoms with Crippen LogP contribution in [-0.2, 0) is 18.4 Å². The van der Waals surface area contributed by atoms with Crippen molar-refractivity contribution in [1.29, 1.82) is 0 Å². The number of nitrogens with one attached hydrogen (secondary N) is 1. The number of hydrogen-bond donors (Lipinski definition) is 1. The van der Waals surface area contributed by atoms with Crippen LogP contribution >= 0.6 is 11.6 Å². The summed E-state index contributed by atoms with van der Waals surface area (Å²) < 4.78 is 7.99. The topological polar surface area (TPSA) is 91.0 Å². The van der Waals surface area contributed by atoms with E-state index in [-0.39, 0.29) is 24.4 Å². The monoisotopic (exact) mass is 361 g/mol. The zero-order valence-corrected chi connectivity index (χ0v) is 14.4. The van der Waals surface area contributed by atoms with Crippen LogP contribution in [0.15, 0.2) is 35.5 Å². The Labute approximate surface area is 148 Å². The molecule has 9 heteroatoms. The van der Waals surface area contributed by atoms with E-state index in [0.717, 1.165) is 0 Å². The lowest BCUT2D eigenvalue weighted by molar-refractivity contribution is -0.116. The first-order valence-corrected chi connectivity index (χ1v) is 7.88. The Bertz CT molecular complexity index is 995. The summed E-state index contributed by atoms with van der Waals surface area (Å²) >= 11 is 6.03. The fourth-order valence-electron chi connectivity index (χ4n) is 2.42. The van der Waals surface area contributed by atoms with Crippen molar-refractivity contribution in [2.24, 2.45) is 7.05 Å². The molecular weight excluding hydrogens is 346 g/mol. The summed E-state index contributed by atoms with van der Waals surface area (Å²) in [4.78, 5) is 28.6. The van der Waals surface area contributed by atoms with Crippen LogP contribution in [0.1, 0.15) is 6.42 Å². The third-order valence-electron chi connectivity index (χ3n) is 3.73. The molecule has 0 spiro atoms. The Kier molecular flexibility index (Phi) is 4.71. The lowest BCUT2D eigenvalue weighted by Gasteiger charge is -2.09. The number of methoxy groups -OCH3 is 1. The van der Waals surface area contributed by atoms with Crippen LogP contribution < -0.4 is 15.6 Å². The van der Waals surface area contributed by atoms with Gasteiger partial charge in [0.15, 0.2) is 5.65 Å². The molecule has 0 saturated carbocycles. The van der Waals surface area contributed by atoms with E-state index in [1.54, 1.807) is 25.2 Å². The molecule has 8 nitrogen and oxygen atoms in total. The van der Waals surface area contributed by atoms with E-state index in [1.165, 1.54) is 28.9 Å². The molecule has 3 rings (SSSR count). The number of hydrogen-bond acceptors (Lipinski definition) is 5. The molecule has 0 unspecified atom stereocenters. The van der Waals surface area contributed by atoms with Crippen LogP contribution in [0.25, 0.3) is 11.0 Å². The van der Waals surface area contributed by atoms with Crippen molar-refractivity contribution in [3.63, 3.8) is 0 Å². The number of carbonyl (C=O) groups excluding carboxylic acids is 1. The van der Waals surface area contributed by atoms with Crippen molar-refractivity contribution in [3.8, 4) is 5.75 Å². The molecule has 2 aromatic heterocycles. The molecule has 0 radical (unpaired) electrons. The van der Waals surface area contributed by atoms with Crippen molar-refractivity contribution in [2.75, 3.05) is 12.4 Å². The molecule has 2 heterocycles. The highest BCUT2D eigenvalue weighted by molar-refractivity contribution is 6.32. The summed E-state index contributed by atoms with van der Waals surface area (Å²) in [6.45, 7) is 0.215. The standard InChI is InChI=1S/C16H16ClN5O3/c1-21-15-11(8-19-21)16(24)22(9-18-15)6-5-14(23)20-10-3-4-13(25-2)12(17)7-10/h3-4,7-9H,5-6H2,1-2H3,(H,20,23). The molecule has 0 aliphatic carbocycles. The lowest BCUT2D eigenvalue weighted by atomic mass is 10.3. The highest BCUT2D eigenvalue weighted by atomic mass is 35.5. The fourth-order valence-corrected chi connectivity index (χ4v) is 2.67. The molecule has 1 N–H and O–H groups in total. The number of amides is 1. The number of aromatic nitrogens is 4. The highest BCUT2D eigenvalue weighted by Crippen LogP contribution is 2.27. The van der Waals surface area contributed by atoms with Crippen LogP contribution in [-0.4, -0.2) is 32.3 Å². The van der Waals surface area contributed by atoms with Crippen LogP contribution in [0.4, 0.5) is 5.69 Å². The van der Waals surface area contributed by atoms with Gasteiger partial charge in [0.2, 0.25) is 5.91 Å². The number of ether oxygens (including phenoxy) is 1. The van der Waals surface area contributed by atoms with Gasteiger partial charge in [-0.3, -0.25) is 18.8 Å². The van der Waals surface area contributed by atoms with E-state index >= 15 is 0 Å². The van der Waals surface area contributed by atoms with Gasteiger partial charge in [-0.1, -0.05) is 11.6 Å². The number of anilines is 1. The summed E-state index contributed by atoms with van der Waals surface area (Å²) in [5.74, 6) is 0.293. The first-order chi connectivity index (χ1) is 12.0. The largest absolute Gasteiger partial charge is 0.495 e. The van der Waals surface area contributed by atoms with Gasteiger partial charge in [-0.2, -0.15) is 5.10 Å². The SMILES string of the molecule is COc1ccc(NC(=O)CCn2cnc3c(cnn3C)c2=O)cc1Cl. The second-order valence-electron chi connectivity index (χ2n) is 5.40. The van der Waals surface area contributed by atoms with Gasteiger partial charge in [0.1, 0.15) is 11.1 Å². The minimum atomic E-state index is -0.237. The Morgan fingerprint density at radius 2 is 2.20 bits per heavy atom. The van der Waals surface area contributed by atoms with Gasteiger partial charge >= 0.3 is 0 Å². The minimum Gasteiger partial charge on any atom is -0.495 e. The maximum Gasteiger partial charge on any atom is 0.264 e. The van der Waals surface area contributed by atoms with Gasteiger partial charge in [0.25, 0.3) is 5.56 Å². The van der Waals surface area contributed by atoms with Crippen molar-refractivity contribution >= 4 is 34.2 Å². The second-order valence-corrected chi connectivity index (χ2v) is 5.80. The van der Waals surface area contributed by atoms with E-state index in [0.29, 0.717) is 27.5 Å². The van der Waals surface area contributed by atoms with Crippen molar-refractivity contribution in [3.05, 3.63) is 46.1 Å². The summed E-state index contributed by atoms with van der Waals surface area (Å²) in [6.07, 6.45) is 3.02. The average Bonchev–Trinajstić information content (AvgIpc) is 2.96. The number of aryl methyl sites for hydroxylation is 2. The molecule has 130 valence electrons. The Balaban J connectivity index is 1.67. The second kappa shape index (κ2) is 6.94. The normalized spacial score (nSPS) is 10.8. The van der Waals surface area contributed by atoms with Crippen LogP contribution in [0.2, 0.25) is 5.02 Å². The molecule has 1 aromatic carbocycles. The quantitative estimate of drug-likeness (QED) is 0.748. The molecule has 0 atom stereocenters. The van der Waals surface area contributed by atoms with Crippen molar-refractivity contribution in [1.82, 2.24) is 19.3 Å². The summed E-state index contributed by atoms with van der Waals surface area (Å²) in [5.41, 5.74) is 0.848. The molecule has 0 bridgehead atoms. The van der Waals surface area contributed by atoms with Gasteiger partial charge < -0.3 is 10.1 Å². The summed E-state index contributed by atoms with van der Waals surface area (Å²) in [6, 6.07) is 4.97. The van der Waals surface area contributed by atoms with E-state index in [1.807, 2.05) is 0 Å². The predicted molar refractivity (Wildman–Crippen MR) is 94.0 cm³/mol. The first-order valence-electron chi connectivity index (χ1n) is 7.50. The number of nitrogens with zero attached hydrogens (tertiary/aromatic N) is 4. The summed E-state index contributed by atoms with van der Waals surface area (Å²) in [5, 5.41) is 7.57. The Morgan fingerprint density at radius 3 is 2.92 bits per heavy atom. The third kappa shape index (κ3) is 3.48. The maximum atomic E-state index is 12.3. The van der Waals surface area contributed by atoms with E-state index in [4.69, 9.17) is 16.3 Å². The maximum absolute atomic E-state index is 12.3. The van der Waals surface area contributed by atoms with Gasteiger partial charge in [-0.25, -0.2) is 4.98 Å². The fraction of sp³-hybridized carbons (Fsp3) is 0.250. The van der Waals surface area contributed by atoms with Crippen LogP contribution in [0.5, 0.6) is 5.75 Å². The first kappa shape index (κ1) is 17.0. The molecular formula is C16H16ClN5O3. The third-order valence-corrected chi connectivity index (χ3v) is 4.03. The van der Waals surface area contributed by atoms with E-state index < -0.39 is 0 Å². The average molecular weight is 362 g/mol. The predicted octanol–water partition coefficient (Wildman–Crippen LogP) is 1.82. The molecule has 0 fully saturated rings. The zero-order chi connectivity index (χ0) is 18.0. The molecule has 3 aromatic rings. The van der Waals surface area contributed by atoms with Crippen molar-refractivity contribution < 1.29 is 9.53 Å². The summed E-state index contributed by atoms with van der Waals surface area (Å²) in [7, 11) is 3.23. The number of benzene rings is 1. The smallest absolute Gasteiger partial charge is 0.264 e. The van der Waals surface area contributed by atoms with Gasteiger partial charge in [0.05, 0.1) is 24.7 Å². The number of fused-ring (bicyclic) bond motifs is 1. The van der Waals surface area contributed by atoms with Crippen LogP contribution in [0.3, 0.4) is 0 Å². The number of halogens is 1. The highest BCUT2D eigenvalue weighted by Gasteiger charge is 2.10. The van der Waals surface area contributed by atoms with Crippen molar-refractivity contribution in [2.45, 2.75) is 13.0 Å². The van der Waals surface area contributed by atoms with Gasteiger partial charge in [-0.05, 0) is 18.2 Å². The number of carbonyl (C=O) groups is 1. The van der Waals surface area contributed by atoms with Crippen LogP contribution in [0, 0.1) is 0 Å². The lowest BCUT2D eigenvalue weighted by Crippen LogP contribution is -2.23.